The highest BCUT2D eigenvalue weighted by atomic mass is 35.5. The lowest BCUT2D eigenvalue weighted by molar-refractivity contribution is -0.128. The lowest BCUT2D eigenvalue weighted by Crippen LogP contribution is -2.34. The molecule has 0 aliphatic carbocycles. The molecule has 0 atom stereocenters. The molecule has 146 valence electrons. The van der Waals surface area contributed by atoms with Gasteiger partial charge in [-0.25, -0.2) is 4.79 Å². The average Bonchev–Trinajstić information content (AvgIpc) is 3.02. The standard InChI is InChI=1S/C21H23ClN4O2/c1-13-5-8-15(9-6-13)26-20(28)24-18(25-26)16-11-14(7-10-17(16)22)12-23-19(27)21(2,3)4/h5-11H,12H2,1-4H3,(H,23,27)(H,24,25,28). The van der Waals surface area contributed by atoms with Gasteiger partial charge in [0, 0.05) is 17.5 Å². The number of aromatic amines is 1. The van der Waals surface area contributed by atoms with E-state index in [-0.39, 0.29) is 11.6 Å². The Morgan fingerprint density at radius 1 is 1.18 bits per heavy atom. The van der Waals surface area contributed by atoms with E-state index in [1.165, 1.54) is 4.68 Å². The van der Waals surface area contributed by atoms with Crippen LogP contribution in [-0.4, -0.2) is 20.7 Å². The van der Waals surface area contributed by atoms with Crippen LogP contribution in [0.4, 0.5) is 0 Å². The molecule has 1 amide bonds. The van der Waals surface area contributed by atoms with Crippen molar-refractivity contribution in [3.05, 3.63) is 69.1 Å². The van der Waals surface area contributed by atoms with Crippen LogP contribution in [-0.2, 0) is 11.3 Å². The molecule has 1 heterocycles. The maximum atomic E-state index is 12.4. The second-order valence-electron chi connectivity index (χ2n) is 7.77. The quantitative estimate of drug-likeness (QED) is 0.700. The molecule has 7 heteroatoms. The number of hydrogen-bond acceptors (Lipinski definition) is 3. The molecular formula is C21H23ClN4O2. The fourth-order valence-electron chi connectivity index (χ4n) is 2.62. The Kier molecular flexibility index (Phi) is 5.42. The van der Waals surface area contributed by atoms with Gasteiger partial charge in [-0.2, -0.15) is 4.68 Å². The third kappa shape index (κ3) is 4.34. The summed E-state index contributed by atoms with van der Waals surface area (Å²) < 4.78 is 1.30. The van der Waals surface area contributed by atoms with Crippen molar-refractivity contribution in [3.8, 4) is 17.1 Å². The molecule has 28 heavy (non-hydrogen) atoms. The summed E-state index contributed by atoms with van der Waals surface area (Å²) in [6.45, 7) is 7.92. The highest BCUT2D eigenvalue weighted by Gasteiger charge is 2.20. The Morgan fingerprint density at radius 3 is 2.50 bits per heavy atom. The zero-order valence-corrected chi connectivity index (χ0v) is 17.1. The summed E-state index contributed by atoms with van der Waals surface area (Å²) in [4.78, 5) is 27.2. The molecule has 0 saturated heterocycles. The molecule has 0 spiro atoms. The van der Waals surface area contributed by atoms with Crippen molar-refractivity contribution < 1.29 is 4.79 Å². The molecule has 1 aromatic heterocycles. The minimum Gasteiger partial charge on any atom is -0.352 e. The molecule has 0 aliphatic heterocycles. The molecule has 6 nitrogen and oxygen atoms in total. The first-order valence-corrected chi connectivity index (χ1v) is 9.36. The van der Waals surface area contributed by atoms with Gasteiger partial charge in [-0.1, -0.05) is 56.1 Å². The summed E-state index contributed by atoms with van der Waals surface area (Å²) in [7, 11) is 0. The lowest BCUT2D eigenvalue weighted by atomic mass is 9.95. The van der Waals surface area contributed by atoms with E-state index in [9.17, 15) is 9.59 Å². The van der Waals surface area contributed by atoms with Crippen molar-refractivity contribution in [3.63, 3.8) is 0 Å². The number of aromatic nitrogens is 3. The summed E-state index contributed by atoms with van der Waals surface area (Å²) in [5.41, 5.74) is 2.42. The van der Waals surface area contributed by atoms with Gasteiger partial charge < -0.3 is 5.32 Å². The van der Waals surface area contributed by atoms with Crippen molar-refractivity contribution in [2.45, 2.75) is 34.2 Å². The number of hydrogen-bond donors (Lipinski definition) is 2. The van der Waals surface area contributed by atoms with E-state index in [2.05, 4.69) is 15.4 Å². The van der Waals surface area contributed by atoms with Gasteiger partial charge in [0.1, 0.15) is 0 Å². The number of carbonyl (C=O) groups excluding carboxylic acids is 1. The zero-order valence-electron chi connectivity index (χ0n) is 16.3. The van der Waals surface area contributed by atoms with E-state index in [0.29, 0.717) is 28.6 Å². The Bertz CT molecular complexity index is 1060. The molecule has 2 N–H and O–H groups in total. The topological polar surface area (TPSA) is 79.8 Å². The Hall–Kier alpha value is -2.86. The van der Waals surface area contributed by atoms with Gasteiger partial charge in [-0.3, -0.25) is 9.78 Å². The summed E-state index contributed by atoms with van der Waals surface area (Å²) in [6, 6.07) is 12.9. The van der Waals surface area contributed by atoms with Gasteiger partial charge in [0.25, 0.3) is 0 Å². The monoisotopic (exact) mass is 398 g/mol. The molecular weight excluding hydrogens is 376 g/mol. The Labute approximate surface area is 168 Å². The first kappa shape index (κ1) is 19.9. The lowest BCUT2D eigenvalue weighted by Gasteiger charge is -2.17. The van der Waals surface area contributed by atoms with E-state index in [1.54, 1.807) is 6.07 Å². The van der Waals surface area contributed by atoms with Crippen LogP contribution in [0.5, 0.6) is 0 Å². The molecule has 3 rings (SSSR count). The first-order chi connectivity index (χ1) is 13.1. The Morgan fingerprint density at radius 2 is 1.86 bits per heavy atom. The molecule has 0 fully saturated rings. The summed E-state index contributed by atoms with van der Waals surface area (Å²) in [6.07, 6.45) is 0. The number of nitrogens with one attached hydrogen (secondary N) is 2. The fraction of sp³-hybridized carbons (Fsp3) is 0.286. The molecule has 0 unspecified atom stereocenters. The van der Waals surface area contributed by atoms with Crippen molar-refractivity contribution in [2.24, 2.45) is 5.41 Å². The van der Waals surface area contributed by atoms with Crippen molar-refractivity contribution in [2.75, 3.05) is 0 Å². The minimum absolute atomic E-state index is 0.0407. The number of carbonyl (C=O) groups is 1. The molecule has 0 radical (unpaired) electrons. The number of nitrogens with zero attached hydrogens (tertiary/aromatic N) is 2. The van der Waals surface area contributed by atoms with Gasteiger partial charge in [0.05, 0.1) is 10.7 Å². The van der Waals surface area contributed by atoms with E-state index >= 15 is 0 Å². The van der Waals surface area contributed by atoms with Gasteiger partial charge in [-0.15, -0.1) is 5.10 Å². The van der Waals surface area contributed by atoms with Crippen LogP contribution in [0.2, 0.25) is 5.02 Å². The van der Waals surface area contributed by atoms with Gasteiger partial charge in [0.15, 0.2) is 5.82 Å². The second kappa shape index (κ2) is 7.64. The number of benzene rings is 2. The molecule has 3 aromatic rings. The maximum absolute atomic E-state index is 12.4. The van der Waals surface area contributed by atoms with E-state index in [1.807, 2.05) is 64.1 Å². The normalized spacial score (nSPS) is 11.5. The van der Waals surface area contributed by atoms with E-state index in [4.69, 9.17) is 11.6 Å². The first-order valence-electron chi connectivity index (χ1n) is 8.98. The molecule has 0 aliphatic rings. The predicted octanol–water partition coefficient (Wildman–Crippen LogP) is 3.85. The summed E-state index contributed by atoms with van der Waals surface area (Å²) in [5.74, 6) is 0.334. The van der Waals surface area contributed by atoms with Crippen molar-refractivity contribution >= 4 is 17.5 Å². The molecule has 0 bridgehead atoms. The molecule has 2 aromatic carbocycles. The number of amides is 1. The van der Waals surface area contributed by atoms with Crippen molar-refractivity contribution in [1.29, 1.82) is 0 Å². The predicted molar refractivity (Wildman–Crippen MR) is 111 cm³/mol. The average molecular weight is 399 g/mol. The highest BCUT2D eigenvalue weighted by Crippen LogP contribution is 2.26. The van der Waals surface area contributed by atoms with Gasteiger partial charge in [0.2, 0.25) is 5.91 Å². The summed E-state index contributed by atoms with van der Waals surface area (Å²) >= 11 is 6.34. The van der Waals surface area contributed by atoms with E-state index < -0.39 is 5.41 Å². The number of aryl methyl sites for hydroxylation is 1. The zero-order chi connectivity index (χ0) is 20.5. The third-order valence-corrected chi connectivity index (χ3v) is 4.65. The van der Waals surface area contributed by atoms with Crippen LogP contribution in [0.25, 0.3) is 17.1 Å². The summed E-state index contributed by atoms with van der Waals surface area (Å²) in [5, 5.41) is 7.77. The van der Waals surface area contributed by atoms with E-state index in [0.717, 1.165) is 11.1 Å². The van der Waals surface area contributed by atoms with Crippen LogP contribution < -0.4 is 11.0 Å². The largest absolute Gasteiger partial charge is 0.352 e. The van der Waals surface area contributed by atoms with Crippen LogP contribution in [0.3, 0.4) is 0 Å². The van der Waals surface area contributed by atoms with Crippen LogP contribution >= 0.6 is 11.6 Å². The van der Waals surface area contributed by atoms with Crippen LogP contribution in [0.15, 0.2) is 47.3 Å². The smallest absolute Gasteiger partial charge is 0.348 e. The highest BCUT2D eigenvalue weighted by molar-refractivity contribution is 6.33. The van der Waals surface area contributed by atoms with Crippen molar-refractivity contribution in [1.82, 2.24) is 20.1 Å². The second-order valence-corrected chi connectivity index (χ2v) is 8.18. The third-order valence-electron chi connectivity index (χ3n) is 4.32. The maximum Gasteiger partial charge on any atom is 0.348 e. The van der Waals surface area contributed by atoms with Gasteiger partial charge in [-0.05, 0) is 36.8 Å². The Balaban J connectivity index is 1.90. The van der Waals surface area contributed by atoms with Crippen LogP contribution in [0, 0.1) is 12.3 Å². The fourth-order valence-corrected chi connectivity index (χ4v) is 2.83. The molecule has 0 saturated carbocycles. The SMILES string of the molecule is Cc1ccc(-n2nc(-c3cc(CNC(=O)C(C)(C)C)ccc3Cl)[nH]c2=O)cc1. The number of rotatable bonds is 4. The van der Waals surface area contributed by atoms with Crippen LogP contribution in [0.1, 0.15) is 31.9 Å². The number of halogens is 1. The van der Waals surface area contributed by atoms with Gasteiger partial charge >= 0.3 is 5.69 Å². The minimum atomic E-state index is -0.465. The number of H-pyrrole nitrogens is 1.